The van der Waals surface area contributed by atoms with Crippen molar-refractivity contribution in [2.45, 2.75) is 26.4 Å². The molecule has 0 fully saturated rings. The fourth-order valence-electron chi connectivity index (χ4n) is 3.54. The SMILES string of the molecule is Cc1nn(Cc2ccccc2)c(Cl)c1/C=C/C(=O)OCCCn1c(=O)[nH]c2ccccc21. The van der Waals surface area contributed by atoms with E-state index in [-0.39, 0.29) is 12.3 Å². The van der Waals surface area contributed by atoms with Crippen LogP contribution in [0.2, 0.25) is 5.15 Å². The van der Waals surface area contributed by atoms with Gasteiger partial charge in [0.15, 0.2) is 0 Å². The minimum Gasteiger partial charge on any atom is -0.462 e. The van der Waals surface area contributed by atoms with Crippen LogP contribution in [0.15, 0.2) is 65.5 Å². The summed E-state index contributed by atoms with van der Waals surface area (Å²) < 4.78 is 8.62. The molecular weight excluding hydrogens is 428 g/mol. The number of carbonyl (C=O) groups is 1. The van der Waals surface area contributed by atoms with E-state index in [1.807, 2.05) is 61.5 Å². The van der Waals surface area contributed by atoms with E-state index < -0.39 is 5.97 Å². The van der Waals surface area contributed by atoms with Gasteiger partial charge in [0.05, 0.1) is 29.9 Å². The Morgan fingerprint density at radius 2 is 1.91 bits per heavy atom. The molecule has 0 aliphatic rings. The number of esters is 1. The fourth-order valence-corrected chi connectivity index (χ4v) is 3.84. The maximum absolute atomic E-state index is 12.1. The molecule has 164 valence electrons. The summed E-state index contributed by atoms with van der Waals surface area (Å²) in [5, 5.41) is 4.93. The van der Waals surface area contributed by atoms with Crippen molar-refractivity contribution in [1.82, 2.24) is 19.3 Å². The van der Waals surface area contributed by atoms with Crippen molar-refractivity contribution >= 4 is 34.7 Å². The summed E-state index contributed by atoms with van der Waals surface area (Å²) in [6, 6.07) is 17.4. The molecule has 0 saturated carbocycles. The average molecular weight is 451 g/mol. The molecule has 0 atom stereocenters. The second-order valence-electron chi connectivity index (χ2n) is 7.39. The molecule has 7 nitrogen and oxygen atoms in total. The van der Waals surface area contributed by atoms with Gasteiger partial charge < -0.3 is 9.72 Å². The molecule has 2 heterocycles. The second kappa shape index (κ2) is 9.70. The van der Waals surface area contributed by atoms with Crippen molar-refractivity contribution < 1.29 is 9.53 Å². The maximum Gasteiger partial charge on any atom is 0.330 e. The summed E-state index contributed by atoms with van der Waals surface area (Å²) >= 11 is 6.47. The first-order chi connectivity index (χ1) is 15.5. The summed E-state index contributed by atoms with van der Waals surface area (Å²) in [6.45, 7) is 3.05. The number of ether oxygens (including phenoxy) is 1. The smallest absolute Gasteiger partial charge is 0.330 e. The van der Waals surface area contributed by atoms with Crippen LogP contribution in [0.4, 0.5) is 0 Å². The van der Waals surface area contributed by atoms with Gasteiger partial charge in [0.2, 0.25) is 0 Å². The van der Waals surface area contributed by atoms with Gasteiger partial charge >= 0.3 is 11.7 Å². The third kappa shape index (κ3) is 4.84. The van der Waals surface area contributed by atoms with Crippen LogP contribution in [-0.4, -0.2) is 31.9 Å². The van der Waals surface area contributed by atoms with Gasteiger partial charge in [-0.15, -0.1) is 0 Å². The summed E-state index contributed by atoms with van der Waals surface area (Å²) in [5.74, 6) is -0.470. The molecule has 0 saturated heterocycles. The normalized spacial score (nSPS) is 11.4. The summed E-state index contributed by atoms with van der Waals surface area (Å²) in [6.07, 6.45) is 3.50. The number of imidazole rings is 1. The predicted molar refractivity (Wildman–Crippen MR) is 125 cm³/mol. The molecule has 2 aromatic carbocycles. The standard InChI is InChI=1S/C24H23ClN4O3/c1-17-19(23(25)29(27-17)16-18-8-3-2-4-9-18)12-13-22(30)32-15-7-14-28-21-11-6-5-10-20(21)26-24(28)31/h2-6,8-13H,7,14-16H2,1H3,(H,26,31)/b13-12+. The zero-order valence-corrected chi connectivity index (χ0v) is 18.4. The van der Waals surface area contributed by atoms with Gasteiger partial charge in [-0.2, -0.15) is 5.10 Å². The number of rotatable bonds is 8. The van der Waals surface area contributed by atoms with E-state index in [4.69, 9.17) is 16.3 Å². The third-order valence-corrected chi connectivity index (χ3v) is 5.52. The van der Waals surface area contributed by atoms with Crippen molar-refractivity contribution in [2.75, 3.05) is 6.61 Å². The second-order valence-corrected chi connectivity index (χ2v) is 7.74. The number of aromatic nitrogens is 4. The molecule has 0 amide bonds. The van der Waals surface area contributed by atoms with E-state index >= 15 is 0 Å². The number of nitrogens with zero attached hydrogens (tertiary/aromatic N) is 3. The largest absolute Gasteiger partial charge is 0.462 e. The molecule has 0 unspecified atom stereocenters. The van der Waals surface area contributed by atoms with Crippen molar-refractivity contribution in [2.24, 2.45) is 0 Å². The Bertz CT molecular complexity index is 1320. The monoisotopic (exact) mass is 450 g/mol. The molecule has 0 aliphatic heterocycles. The van der Waals surface area contributed by atoms with E-state index in [1.165, 1.54) is 6.08 Å². The zero-order chi connectivity index (χ0) is 22.5. The number of carbonyl (C=O) groups excluding carboxylic acids is 1. The van der Waals surface area contributed by atoms with Gasteiger partial charge in [0.1, 0.15) is 5.15 Å². The van der Waals surface area contributed by atoms with Crippen LogP contribution in [0, 0.1) is 6.92 Å². The van der Waals surface area contributed by atoms with Crippen LogP contribution < -0.4 is 5.69 Å². The Hall–Kier alpha value is -3.58. The van der Waals surface area contributed by atoms with Gasteiger partial charge in [0, 0.05) is 18.2 Å². The van der Waals surface area contributed by atoms with Crippen LogP contribution in [-0.2, 0) is 22.6 Å². The number of H-pyrrole nitrogens is 1. The van der Waals surface area contributed by atoms with Crippen LogP contribution >= 0.6 is 11.6 Å². The average Bonchev–Trinajstić information content (AvgIpc) is 3.25. The van der Waals surface area contributed by atoms with Gasteiger partial charge in [0.25, 0.3) is 0 Å². The van der Waals surface area contributed by atoms with Crippen molar-refractivity contribution in [3.05, 3.63) is 93.1 Å². The number of aryl methyl sites for hydroxylation is 2. The van der Waals surface area contributed by atoms with Crippen molar-refractivity contribution in [1.29, 1.82) is 0 Å². The molecule has 0 spiro atoms. The molecule has 8 heteroatoms. The van der Waals surface area contributed by atoms with Crippen LogP contribution in [0.25, 0.3) is 17.1 Å². The number of nitrogens with one attached hydrogen (secondary N) is 1. The lowest BCUT2D eigenvalue weighted by molar-refractivity contribution is -0.137. The van der Waals surface area contributed by atoms with E-state index in [9.17, 15) is 9.59 Å². The summed E-state index contributed by atoms with van der Waals surface area (Å²) in [7, 11) is 0. The molecule has 0 radical (unpaired) electrons. The molecule has 1 N–H and O–H groups in total. The zero-order valence-electron chi connectivity index (χ0n) is 17.6. The molecule has 4 aromatic rings. The van der Waals surface area contributed by atoms with Crippen molar-refractivity contribution in [3.8, 4) is 0 Å². The highest BCUT2D eigenvalue weighted by molar-refractivity contribution is 6.31. The molecule has 0 bridgehead atoms. The van der Waals surface area contributed by atoms with Crippen LogP contribution in [0.1, 0.15) is 23.2 Å². The first kappa shape index (κ1) is 21.6. The molecule has 4 rings (SSSR count). The van der Waals surface area contributed by atoms with Gasteiger partial charge in [-0.3, -0.25) is 4.57 Å². The lowest BCUT2D eigenvalue weighted by atomic mass is 10.2. The highest BCUT2D eigenvalue weighted by Gasteiger charge is 2.12. The lowest BCUT2D eigenvalue weighted by Crippen LogP contribution is -2.18. The van der Waals surface area contributed by atoms with Crippen LogP contribution in [0.3, 0.4) is 0 Å². The Kier molecular flexibility index (Phi) is 6.56. The number of aromatic amines is 1. The highest BCUT2D eigenvalue weighted by Crippen LogP contribution is 2.22. The Morgan fingerprint density at radius 1 is 1.16 bits per heavy atom. The first-order valence-electron chi connectivity index (χ1n) is 10.3. The van der Waals surface area contributed by atoms with E-state index in [0.29, 0.717) is 30.2 Å². The quantitative estimate of drug-likeness (QED) is 0.248. The molecule has 2 aromatic heterocycles. The Balaban J connectivity index is 1.32. The number of fused-ring (bicyclic) bond motifs is 1. The third-order valence-electron chi connectivity index (χ3n) is 5.12. The Morgan fingerprint density at radius 3 is 2.72 bits per heavy atom. The van der Waals surface area contributed by atoms with Gasteiger partial charge in [-0.05, 0) is 37.1 Å². The van der Waals surface area contributed by atoms with E-state index in [0.717, 1.165) is 22.3 Å². The van der Waals surface area contributed by atoms with Gasteiger partial charge in [-0.25, -0.2) is 14.3 Å². The number of hydrogen-bond acceptors (Lipinski definition) is 4. The molecule has 0 aliphatic carbocycles. The minimum atomic E-state index is -0.470. The van der Waals surface area contributed by atoms with Crippen molar-refractivity contribution in [3.63, 3.8) is 0 Å². The molecule has 32 heavy (non-hydrogen) atoms. The number of benzene rings is 2. The first-order valence-corrected chi connectivity index (χ1v) is 10.7. The van der Waals surface area contributed by atoms with E-state index in [1.54, 1.807) is 15.3 Å². The minimum absolute atomic E-state index is 0.171. The fraction of sp³-hybridized carbons (Fsp3) is 0.208. The lowest BCUT2D eigenvalue weighted by Gasteiger charge is -2.04. The molecular formula is C24H23ClN4O3. The summed E-state index contributed by atoms with van der Waals surface area (Å²) in [5.41, 5.74) is 3.95. The van der Waals surface area contributed by atoms with Crippen LogP contribution in [0.5, 0.6) is 0 Å². The topological polar surface area (TPSA) is 81.9 Å². The highest BCUT2D eigenvalue weighted by atomic mass is 35.5. The number of hydrogen-bond donors (Lipinski definition) is 1. The summed E-state index contributed by atoms with van der Waals surface area (Å²) in [4.78, 5) is 27.0. The number of halogens is 1. The predicted octanol–water partition coefficient (Wildman–Crippen LogP) is 4.18. The Labute approximate surface area is 189 Å². The van der Waals surface area contributed by atoms with E-state index in [2.05, 4.69) is 10.1 Å². The van der Waals surface area contributed by atoms with Gasteiger partial charge in [-0.1, -0.05) is 54.1 Å². The maximum atomic E-state index is 12.1. The number of para-hydroxylation sites is 2.